The van der Waals surface area contributed by atoms with Gasteiger partial charge in [0.25, 0.3) is 0 Å². The summed E-state index contributed by atoms with van der Waals surface area (Å²) < 4.78 is 5.34. The number of nitrogens with one attached hydrogen (secondary N) is 1. The summed E-state index contributed by atoms with van der Waals surface area (Å²) >= 11 is 0. The second-order valence-electron chi connectivity index (χ2n) is 3.39. The zero-order chi connectivity index (χ0) is 10.4. The molecule has 0 radical (unpaired) electrons. The lowest BCUT2D eigenvalue weighted by Crippen LogP contribution is -2.42. The second kappa shape index (κ2) is 5.70. The van der Waals surface area contributed by atoms with E-state index in [0.717, 1.165) is 31.9 Å². The molecule has 0 atom stereocenters. The lowest BCUT2D eigenvalue weighted by Gasteiger charge is -2.30. The minimum Gasteiger partial charge on any atom is -0.495 e. The Morgan fingerprint density at radius 1 is 1.36 bits per heavy atom. The molecule has 14 heavy (non-hydrogen) atoms. The highest BCUT2D eigenvalue weighted by molar-refractivity contribution is 5.18. The molecular weight excluding hydrogens is 176 g/mol. The van der Waals surface area contributed by atoms with E-state index in [-0.39, 0.29) is 0 Å². The van der Waals surface area contributed by atoms with Crippen LogP contribution in [0.1, 0.15) is 13.8 Å². The molecule has 1 fully saturated rings. The fourth-order valence-corrected chi connectivity index (χ4v) is 1.64. The maximum Gasteiger partial charge on any atom is 0.137 e. The third-order valence-electron chi connectivity index (χ3n) is 2.49. The number of ether oxygens (including phenoxy) is 1. The van der Waals surface area contributed by atoms with Crippen molar-refractivity contribution in [3.05, 3.63) is 23.6 Å². The van der Waals surface area contributed by atoms with E-state index in [9.17, 15) is 0 Å². The van der Waals surface area contributed by atoms with Crippen LogP contribution in [0.3, 0.4) is 0 Å². The highest BCUT2D eigenvalue weighted by Gasteiger charge is 2.12. The van der Waals surface area contributed by atoms with E-state index in [4.69, 9.17) is 4.74 Å². The van der Waals surface area contributed by atoms with Crippen molar-refractivity contribution in [2.24, 2.45) is 0 Å². The third kappa shape index (κ3) is 2.77. The molecule has 0 aromatic rings. The van der Waals surface area contributed by atoms with Gasteiger partial charge in [-0.3, -0.25) is 0 Å². The van der Waals surface area contributed by atoms with Gasteiger partial charge < -0.3 is 15.0 Å². The van der Waals surface area contributed by atoms with Crippen molar-refractivity contribution in [3.63, 3.8) is 0 Å². The van der Waals surface area contributed by atoms with E-state index >= 15 is 0 Å². The van der Waals surface area contributed by atoms with Crippen molar-refractivity contribution in [3.8, 4) is 0 Å². The van der Waals surface area contributed by atoms with Gasteiger partial charge in [0.2, 0.25) is 0 Å². The van der Waals surface area contributed by atoms with E-state index in [0.29, 0.717) is 0 Å². The molecule has 1 aliphatic heterocycles. The molecule has 0 spiro atoms. The molecule has 0 aromatic heterocycles. The molecule has 0 amide bonds. The number of hydrogen-bond acceptors (Lipinski definition) is 3. The molecule has 1 N–H and O–H groups in total. The summed E-state index contributed by atoms with van der Waals surface area (Å²) in [5.41, 5.74) is 1.23. The van der Waals surface area contributed by atoms with Gasteiger partial charge >= 0.3 is 0 Å². The van der Waals surface area contributed by atoms with Crippen molar-refractivity contribution in [2.75, 3.05) is 33.3 Å². The molecule has 80 valence electrons. The first-order valence-electron chi connectivity index (χ1n) is 5.12. The van der Waals surface area contributed by atoms with Crippen molar-refractivity contribution >= 4 is 0 Å². The Balaban J connectivity index is 2.71. The summed E-state index contributed by atoms with van der Waals surface area (Å²) in [5, 5.41) is 3.34. The SMILES string of the molecule is C/C=C\C(OC)=C(/C)N1CCNCC1. The molecule has 0 saturated carbocycles. The summed E-state index contributed by atoms with van der Waals surface area (Å²) in [6.45, 7) is 8.37. The summed E-state index contributed by atoms with van der Waals surface area (Å²) in [5.74, 6) is 0.967. The topological polar surface area (TPSA) is 24.5 Å². The first-order valence-corrected chi connectivity index (χ1v) is 5.12. The number of piperazine rings is 1. The maximum absolute atomic E-state index is 5.34. The predicted molar refractivity (Wildman–Crippen MR) is 59.0 cm³/mol. The Bertz CT molecular complexity index is 227. The van der Waals surface area contributed by atoms with Crippen LogP contribution in [-0.4, -0.2) is 38.2 Å². The van der Waals surface area contributed by atoms with Crippen LogP contribution in [0.15, 0.2) is 23.6 Å². The molecule has 3 heteroatoms. The van der Waals surface area contributed by atoms with Gasteiger partial charge in [-0.25, -0.2) is 0 Å². The van der Waals surface area contributed by atoms with E-state index in [1.165, 1.54) is 5.70 Å². The van der Waals surface area contributed by atoms with Gasteiger partial charge in [-0.05, 0) is 19.9 Å². The largest absolute Gasteiger partial charge is 0.495 e. The van der Waals surface area contributed by atoms with Crippen LogP contribution < -0.4 is 5.32 Å². The average molecular weight is 196 g/mol. The fourth-order valence-electron chi connectivity index (χ4n) is 1.64. The van der Waals surface area contributed by atoms with Crippen molar-refractivity contribution in [1.29, 1.82) is 0 Å². The standard InChI is InChI=1S/C11H20N2O/c1-4-5-11(14-3)10(2)13-8-6-12-7-9-13/h4-5,12H,6-9H2,1-3H3/b5-4-,11-10-. The molecule has 1 heterocycles. The van der Waals surface area contributed by atoms with Crippen LogP contribution in [0.2, 0.25) is 0 Å². The maximum atomic E-state index is 5.34. The number of rotatable bonds is 3. The molecule has 0 aromatic carbocycles. The van der Waals surface area contributed by atoms with Crippen LogP contribution in [0.4, 0.5) is 0 Å². The summed E-state index contributed by atoms with van der Waals surface area (Å²) in [7, 11) is 1.72. The highest BCUT2D eigenvalue weighted by Crippen LogP contribution is 2.12. The van der Waals surface area contributed by atoms with Crippen LogP contribution >= 0.6 is 0 Å². The summed E-state index contributed by atoms with van der Waals surface area (Å²) in [6, 6.07) is 0. The predicted octanol–water partition coefficient (Wildman–Crippen LogP) is 1.35. The molecule has 1 saturated heterocycles. The van der Waals surface area contributed by atoms with E-state index in [1.807, 2.05) is 19.1 Å². The van der Waals surface area contributed by atoms with Gasteiger partial charge in [-0.15, -0.1) is 0 Å². The molecule has 1 rings (SSSR count). The van der Waals surface area contributed by atoms with Crippen LogP contribution in [0.5, 0.6) is 0 Å². The molecule has 0 aliphatic carbocycles. The summed E-state index contributed by atoms with van der Waals surface area (Å²) in [6.07, 6.45) is 4.02. The smallest absolute Gasteiger partial charge is 0.137 e. The Morgan fingerprint density at radius 2 is 2.00 bits per heavy atom. The Labute approximate surface area is 86.4 Å². The van der Waals surface area contributed by atoms with Gasteiger partial charge in [0.15, 0.2) is 0 Å². The lowest BCUT2D eigenvalue weighted by atomic mass is 10.2. The number of nitrogens with zero attached hydrogens (tertiary/aromatic N) is 1. The Hall–Kier alpha value is -0.960. The molecule has 0 unspecified atom stereocenters. The van der Waals surface area contributed by atoms with Crippen LogP contribution in [0.25, 0.3) is 0 Å². The monoisotopic (exact) mass is 196 g/mol. The molecule has 3 nitrogen and oxygen atoms in total. The first-order chi connectivity index (χ1) is 6.79. The van der Waals surface area contributed by atoms with Crippen LogP contribution in [0, 0.1) is 0 Å². The van der Waals surface area contributed by atoms with Crippen molar-refractivity contribution < 1.29 is 4.74 Å². The number of hydrogen-bond donors (Lipinski definition) is 1. The fraction of sp³-hybridized carbons (Fsp3) is 0.636. The van der Waals surface area contributed by atoms with Crippen LogP contribution in [-0.2, 0) is 4.74 Å². The van der Waals surface area contributed by atoms with Gasteiger partial charge in [-0.1, -0.05) is 6.08 Å². The molecular formula is C11H20N2O. The van der Waals surface area contributed by atoms with E-state index < -0.39 is 0 Å². The highest BCUT2D eigenvalue weighted by atomic mass is 16.5. The van der Waals surface area contributed by atoms with Gasteiger partial charge in [0.05, 0.1) is 12.8 Å². The quantitative estimate of drug-likeness (QED) is 0.544. The van der Waals surface area contributed by atoms with Gasteiger partial charge in [0, 0.05) is 26.2 Å². The van der Waals surface area contributed by atoms with Crippen molar-refractivity contribution in [1.82, 2.24) is 10.2 Å². The first kappa shape index (κ1) is 11.1. The zero-order valence-electron chi connectivity index (χ0n) is 9.34. The van der Waals surface area contributed by atoms with Gasteiger partial charge in [-0.2, -0.15) is 0 Å². The molecule has 0 bridgehead atoms. The van der Waals surface area contributed by atoms with Gasteiger partial charge in [0.1, 0.15) is 5.76 Å². The van der Waals surface area contributed by atoms with Crippen molar-refractivity contribution in [2.45, 2.75) is 13.8 Å². The lowest BCUT2D eigenvalue weighted by molar-refractivity contribution is 0.251. The summed E-state index contributed by atoms with van der Waals surface area (Å²) in [4.78, 5) is 2.36. The number of methoxy groups -OCH3 is 1. The third-order valence-corrected chi connectivity index (χ3v) is 2.49. The minimum atomic E-state index is 0.967. The number of allylic oxidation sites excluding steroid dienone is 3. The Morgan fingerprint density at radius 3 is 2.50 bits per heavy atom. The second-order valence-corrected chi connectivity index (χ2v) is 3.39. The van der Waals surface area contributed by atoms with E-state index in [2.05, 4.69) is 17.1 Å². The normalized spacial score (nSPS) is 19.8. The molecule has 1 aliphatic rings. The Kier molecular flexibility index (Phi) is 4.53. The van der Waals surface area contributed by atoms with E-state index in [1.54, 1.807) is 7.11 Å². The zero-order valence-corrected chi connectivity index (χ0v) is 9.34. The minimum absolute atomic E-state index is 0.967. The average Bonchev–Trinajstić information content (AvgIpc) is 2.26.